The van der Waals surface area contributed by atoms with Crippen LogP contribution in [0.25, 0.3) is 0 Å². The van der Waals surface area contributed by atoms with Crippen LogP contribution in [0.15, 0.2) is 54.6 Å². The molecule has 0 saturated carbocycles. The molecule has 27 heavy (non-hydrogen) atoms. The summed E-state index contributed by atoms with van der Waals surface area (Å²) >= 11 is 5.48. The zero-order valence-electron chi connectivity index (χ0n) is 16.1. The van der Waals surface area contributed by atoms with Crippen molar-refractivity contribution in [2.24, 2.45) is 0 Å². The van der Waals surface area contributed by atoms with E-state index in [1.165, 1.54) is 5.56 Å². The van der Waals surface area contributed by atoms with Crippen molar-refractivity contribution < 1.29 is 13.6 Å². The Morgan fingerprint density at radius 3 is 2.15 bits per heavy atom. The van der Waals surface area contributed by atoms with Crippen LogP contribution >= 0.6 is 19.8 Å². The maximum absolute atomic E-state index is 12.6. The molecule has 0 saturated heterocycles. The Labute approximate surface area is 167 Å². The molecule has 0 radical (unpaired) electrons. The maximum atomic E-state index is 12.6. The van der Waals surface area contributed by atoms with E-state index in [2.05, 4.69) is 17.4 Å². The van der Waals surface area contributed by atoms with Gasteiger partial charge in [-0.2, -0.15) is 0 Å². The number of nitrogens with zero attached hydrogens (tertiary/aromatic N) is 1. The van der Waals surface area contributed by atoms with Crippen LogP contribution < -0.4 is 5.32 Å². The average molecular weight is 406 g/mol. The van der Waals surface area contributed by atoms with Gasteiger partial charge >= 0.3 is 7.60 Å². The van der Waals surface area contributed by atoms with Crippen molar-refractivity contribution in [1.82, 2.24) is 4.90 Å². The lowest BCUT2D eigenvalue weighted by molar-refractivity contribution is 0.219. The lowest BCUT2D eigenvalue weighted by Crippen LogP contribution is -2.30. The van der Waals surface area contributed by atoms with E-state index in [1.807, 2.05) is 68.3 Å². The van der Waals surface area contributed by atoms with E-state index in [1.54, 1.807) is 0 Å². The highest BCUT2D eigenvalue weighted by Gasteiger charge is 2.23. The molecule has 0 aromatic heterocycles. The van der Waals surface area contributed by atoms with E-state index in [9.17, 15) is 4.57 Å². The molecule has 1 N–H and O–H groups in total. The topological polar surface area (TPSA) is 50.8 Å². The normalized spacial score (nSPS) is 11.2. The first-order valence-electron chi connectivity index (χ1n) is 8.99. The Morgan fingerprint density at radius 1 is 1.00 bits per heavy atom. The Morgan fingerprint density at radius 2 is 1.59 bits per heavy atom. The lowest BCUT2D eigenvalue weighted by Gasteiger charge is -2.21. The molecule has 2 rings (SSSR count). The number of thiocarbonyl (C=S) groups is 1. The largest absolute Gasteiger partial charge is 0.348 e. The predicted octanol–water partition coefficient (Wildman–Crippen LogP) is 5.28. The van der Waals surface area contributed by atoms with Gasteiger partial charge in [0.2, 0.25) is 0 Å². The molecule has 0 heterocycles. The molecule has 0 unspecified atom stereocenters. The van der Waals surface area contributed by atoms with Gasteiger partial charge in [0, 0.05) is 19.3 Å². The predicted molar refractivity (Wildman–Crippen MR) is 115 cm³/mol. The summed E-state index contributed by atoms with van der Waals surface area (Å²) in [6.07, 6.45) is 0.257. The smallest absolute Gasteiger partial charge is 0.335 e. The summed E-state index contributed by atoms with van der Waals surface area (Å²) in [5.41, 5.74) is 2.97. The zero-order chi connectivity index (χ0) is 19.7. The molecule has 7 heteroatoms. The highest BCUT2D eigenvalue weighted by molar-refractivity contribution is 7.80. The fourth-order valence-corrected chi connectivity index (χ4v) is 4.47. The van der Waals surface area contributed by atoms with Gasteiger partial charge in [0.25, 0.3) is 0 Å². The summed E-state index contributed by atoms with van der Waals surface area (Å²) < 4.78 is 23.3. The van der Waals surface area contributed by atoms with Crippen LogP contribution in [0.5, 0.6) is 0 Å². The lowest BCUT2D eigenvalue weighted by atomic mass is 10.2. The van der Waals surface area contributed by atoms with Gasteiger partial charge in [-0.05, 0) is 49.3 Å². The molecule has 0 atom stereocenters. The molecule has 0 spiro atoms. The fourth-order valence-electron chi connectivity index (χ4n) is 2.59. The summed E-state index contributed by atoms with van der Waals surface area (Å²) in [6.45, 7) is 5.08. The van der Waals surface area contributed by atoms with E-state index < -0.39 is 7.60 Å². The van der Waals surface area contributed by atoms with Crippen LogP contribution in [-0.2, 0) is 26.3 Å². The average Bonchev–Trinajstić information content (AvgIpc) is 2.64. The number of benzene rings is 2. The van der Waals surface area contributed by atoms with Crippen molar-refractivity contribution in [3.63, 3.8) is 0 Å². The first-order valence-corrected chi connectivity index (χ1v) is 11.1. The van der Waals surface area contributed by atoms with E-state index in [0.29, 0.717) is 18.3 Å². The van der Waals surface area contributed by atoms with Crippen molar-refractivity contribution >= 4 is 30.6 Å². The zero-order valence-corrected chi connectivity index (χ0v) is 17.8. The summed E-state index contributed by atoms with van der Waals surface area (Å²) in [4.78, 5) is 1.98. The minimum atomic E-state index is -3.09. The van der Waals surface area contributed by atoms with Crippen LogP contribution in [-0.4, -0.2) is 30.3 Å². The number of hydrogen-bond donors (Lipinski definition) is 1. The van der Waals surface area contributed by atoms with Crippen molar-refractivity contribution in [3.05, 3.63) is 65.7 Å². The molecule has 2 aromatic carbocycles. The fraction of sp³-hybridized carbons (Fsp3) is 0.350. The second kappa shape index (κ2) is 10.6. The van der Waals surface area contributed by atoms with Crippen molar-refractivity contribution in [1.29, 1.82) is 0 Å². The highest BCUT2D eigenvalue weighted by Crippen LogP contribution is 2.51. The van der Waals surface area contributed by atoms with E-state index in [-0.39, 0.29) is 6.16 Å². The second-order valence-corrected chi connectivity index (χ2v) is 8.51. The van der Waals surface area contributed by atoms with Gasteiger partial charge in [-0.25, -0.2) is 0 Å². The van der Waals surface area contributed by atoms with E-state index in [0.717, 1.165) is 17.8 Å². The van der Waals surface area contributed by atoms with Gasteiger partial charge in [-0.15, -0.1) is 0 Å². The number of rotatable bonds is 9. The van der Waals surface area contributed by atoms with Gasteiger partial charge in [-0.1, -0.05) is 42.5 Å². The Hall–Kier alpha value is -1.72. The molecular weight excluding hydrogens is 379 g/mol. The minimum absolute atomic E-state index is 0.257. The van der Waals surface area contributed by atoms with Crippen molar-refractivity contribution in [2.75, 3.05) is 25.6 Å². The molecule has 0 aliphatic carbocycles. The Kier molecular flexibility index (Phi) is 8.45. The quantitative estimate of drug-likeness (QED) is 0.452. The van der Waals surface area contributed by atoms with E-state index in [4.69, 9.17) is 21.3 Å². The van der Waals surface area contributed by atoms with Gasteiger partial charge in [-0.3, -0.25) is 4.57 Å². The number of anilines is 1. The van der Waals surface area contributed by atoms with Crippen LogP contribution in [0, 0.1) is 0 Å². The van der Waals surface area contributed by atoms with Gasteiger partial charge < -0.3 is 19.3 Å². The standard InChI is InChI=1S/C20H27N2O3PS/c1-4-24-26(23,25-5-2)16-18-11-13-19(14-12-18)21-20(27)22(3)15-17-9-7-6-8-10-17/h6-14H,4-5,15-16H2,1-3H3,(H,21,27). The van der Waals surface area contributed by atoms with E-state index >= 15 is 0 Å². The van der Waals surface area contributed by atoms with Crippen LogP contribution in [0.2, 0.25) is 0 Å². The second-order valence-electron chi connectivity index (χ2n) is 6.07. The Balaban J connectivity index is 1.94. The Bertz CT molecular complexity index is 759. The monoisotopic (exact) mass is 406 g/mol. The highest BCUT2D eigenvalue weighted by atomic mass is 32.1. The molecule has 0 aliphatic heterocycles. The molecule has 0 amide bonds. The van der Waals surface area contributed by atoms with Crippen molar-refractivity contribution in [3.8, 4) is 0 Å². The molecule has 0 fully saturated rings. The molecule has 2 aromatic rings. The molecule has 146 valence electrons. The first kappa shape index (κ1) is 21.6. The summed E-state index contributed by atoms with van der Waals surface area (Å²) in [5, 5.41) is 3.87. The van der Waals surface area contributed by atoms with Gasteiger partial charge in [0.15, 0.2) is 5.11 Å². The third-order valence-electron chi connectivity index (χ3n) is 3.84. The van der Waals surface area contributed by atoms with Crippen LogP contribution in [0.4, 0.5) is 5.69 Å². The third kappa shape index (κ3) is 7.07. The third-order valence-corrected chi connectivity index (χ3v) is 6.31. The van der Waals surface area contributed by atoms with Crippen molar-refractivity contribution in [2.45, 2.75) is 26.6 Å². The molecular formula is C20H27N2O3PS. The first-order chi connectivity index (χ1) is 13.0. The van der Waals surface area contributed by atoms with Gasteiger partial charge in [0.05, 0.1) is 19.4 Å². The maximum Gasteiger partial charge on any atom is 0.335 e. The molecule has 0 aliphatic rings. The SMILES string of the molecule is CCOP(=O)(Cc1ccc(NC(=S)N(C)Cc2ccccc2)cc1)OCC. The number of hydrogen-bond acceptors (Lipinski definition) is 4. The molecule has 5 nitrogen and oxygen atoms in total. The van der Waals surface area contributed by atoms with Crippen LogP contribution in [0.1, 0.15) is 25.0 Å². The van der Waals surface area contributed by atoms with Gasteiger partial charge in [0.1, 0.15) is 0 Å². The van der Waals surface area contributed by atoms with Crippen LogP contribution in [0.3, 0.4) is 0 Å². The minimum Gasteiger partial charge on any atom is -0.348 e. The summed E-state index contributed by atoms with van der Waals surface area (Å²) in [6, 6.07) is 17.8. The summed E-state index contributed by atoms with van der Waals surface area (Å²) in [7, 11) is -1.14. The molecule has 0 bridgehead atoms. The summed E-state index contributed by atoms with van der Waals surface area (Å²) in [5.74, 6) is 0. The number of nitrogens with one attached hydrogen (secondary N) is 1.